The molecule has 0 saturated heterocycles. The highest BCUT2D eigenvalue weighted by atomic mass is 15.3. The van der Waals surface area contributed by atoms with E-state index < -0.39 is 0 Å². The Morgan fingerprint density at radius 3 is 2.73 bits per heavy atom. The molecule has 2 heterocycles. The van der Waals surface area contributed by atoms with Gasteiger partial charge in [0.2, 0.25) is 0 Å². The third-order valence-electron chi connectivity index (χ3n) is 2.20. The first-order valence-corrected chi connectivity index (χ1v) is 4.97. The van der Waals surface area contributed by atoms with Crippen LogP contribution in [-0.4, -0.2) is 21.3 Å². The molecule has 4 nitrogen and oxygen atoms in total. The van der Waals surface area contributed by atoms with E-state index in [1.165, 1.54) is 0 Å². The Balaban J connectivity index is 2.23. The van der Waals surface area contributed by atoms with E-state index in [1.54, 1.807) is 4.68 Å². The van der Waals surface area contributed by atoms with Gasteiger partial charge in [0.25, 0.3) is 0 Å². The summed E-state index contributed by atoms with van der Waals surface area (Å²) in [6.45, 7) is 2.61. The number of hydrogen-bond acceptors (Lipinski definition) is 3. The highest BCUT2D eigenvalue weighted by Gasteiger charge is 1.99. The summed E-state index contributed by atoms with van der Waals surface area (Å²) in [4.78, 5) is 4.33. The maximum atomic E-state index is 5.47. The fourth-order valence-corrected chi connectivity index (χ4v) is 1.41. The Bertz CT molecular complexity index is 430. The molecule has 0 unspecified atom stereocenters. The van der Waals surface area contributed by atoms with Crippen LogP contribution in [0, 0.1) is 6.92 Å². The Hall–Kier alpha value is -1.68. The Morgan fingerprint density at radius 1 is 1.33 bits per heavy atom. The number of hydrogen-bond donors (Lipinski definition) is 1. The summed E-state index contributed by atoms with van der Waals surface area (Å²) < 4.78 is 1.77. The molecule has 0 aliphatic rings. The van der Waals surface area contributed by atoms with Crippen LogP contribution in [0.25, 0.3) is 5.82 Å². The van der Waals surface area contributed by atoms with Gasteiger partial charge in [-0.1, -0.05) is 6.07 Å². The van der Waals surface area contributed by atoms with Gasteiger partial charge in [-0.25, -0.2) is 9.67 Å². The summed E-state index contributed by atoms with van der Waals surface area (Å²) in [5.74, 6) is 0.837. The van der Waals surface area contributed by atoms with Crippen molar-refractivity contribution in [2.24, 2.45) is 5.73 Å². The van der Waals surface area contributed by atoms with Gasteiger partial charge in [0.05, 0.1) is 5.69 Å². The lowest BCUT2D eigenvalue weighted by atomic mass is 10.2. The molecule has 0 saturated carbocycles. The average Bonchev–Trinajstić information content (AvgIpc) is 2.67. The van der Waals surface area contributed by atoms with E-state index in [4.69, 9.17) is 5.73 Å². The van der Waals surface area contributed by atoms with Crippen molar-refractivity contribution in [3.63, 3.8) is 0 Å². The summed E-state index contributed by atoms with van der Waals surface area (Å²) in [6, 6.07) is 5.94. The van der Waals surface area contributed by atoms with E-state index in [-0.39, 0.29) is 0 Å². The molecule has 2 aromatic rings. The van der Waals surface area contributed by atoms with Crippen LogP contribution < -0.4 is 5.73 Å². The molecule has 2 N–H and O–H groups in total. The normalized spacial score (nSPS) is 10.5. The molecule has 0 spiro atoms. The number of rotatable bonds is 3. The van der Waals surface area contributed by atoms with Crippen LogP contribution >= 0.6 is 0 Å². The number of nitrogens with two attached hydrogens (primary N) is 1. The highest BCUT2D eigenvalue weighted by Crippen LogP contribution is 2.05. The van der Waals surface area contributed by atoms with E-state index in [0.29, 0.717) is 6.54 Å². The first kappa shape index (κ1) is 9.86. The molecule has 0 radical (unpaired) electrons. The minimum Gasteiger partial charge on any atom is -0.330 e. The summed E-state index contributed by atoms with van der Waals surface area (Å²) in [6.07, 6.45) is 4.62. The standard InChI is InChI=1S/C11H14N4/c1-9-5-7-15(14-9)11-3-2-10(4-6-12)8-13-11/h2-3,5,7-8H,4,6,12H2,1H3. The van der Waals surface area contributed by atoms with Crippen molar-refractivity contribution in [2.75, 3.05) is 6.54 Å². The Labute approximate surface area is 88.8 Å². The molecule has 78 valence electrons. The number of nitrogens with zero attached hydrogens (tertiary/aromatic N) is 3. The van der Waals surface area contributed by atoms with Crippen molar-refractivity contribution in [3.05, 3.63) is 41.9 Å². The molecule has 0 aliphatic carbocycles. The summed E-state index contributed by atoms with van der Waals surface area (Å²) >= 11 is 0. The zero-order valence-electron chi connectivity index (χ0n) is 8.72. The molecule has 2 aromatic heterocycles. The molecular formula is C11H14N4. The van der Waals surface area contributed by atoms with Crippen LogP contribution in [0.5, 0.6) is 0 Å². The minimum atomic E-state index is 0.655. The maximum absolute atomic E-state index is 5.47. The minimum absolute atomic E-state index is 0.655. The van der Waals surface area contributed by atoms with E-state index in [1.807, 2.05) is 37.5 Å². The molecule has 0 amide bonds. The topological polar surface area (TPSA) is 56.7 Å². The van der Waals surface area contributed by atoms with Gasteiger partial charge in [-0.3, -0.25) is 0 Å². The zero-order chi connectivity index (χ0) is 10.7. The zero-order valence-corrected chi connectivity index (χ0v) is 8.72. The van der Waals surface area contributed by atoms with Crippen molar-refractivity contribution >= 4 is 0 Å². The summed E-state index contributed by atoms with van der Waals surface area (Å²) in [7, 11) is 0. The van der Waals surface area contributed by atoms with Crippen LogP contribution in [-0.2, 0) is 6.42 Å². The van der Waals surface area contributed by atoms with Crippen molar-refractivity contribution in [3.8, 4) is 5.82 Å². The fourth-order valence-electron chi connectivity index (χ4n) is 1.41. The van der Waals surface area contributed by atoms with Crippen LogP contribution in [0.2, 0.25) is 0 Å². The van der Waals surface area contributed by atoms with Gasteiger partial charge in [0, 0.05) is 12.4 Å². The Kier molecular flexibility index (Phi) is 2.78. The van der Waals surface area contributed by atoms with Crippen molar-refractivity contribution in [2.45, 2.75) is 13.3 Å². The van der Waals surface area contributed by atoms with E-state index in [9.17, 15) is 0 Å². The second-order valence-corrected chi connectivity index (χ2v) is 3.47. The van der Waals surface area contributed by atoms with Gasteiger partial charge in [-0.15, -0.1) is 0 Å². The summed E-state index contributed by atoms with van der Waals surface area (Å²) in [5.41, 5.74) is 7.61. The van der Waals surface area contributed by atoms with Crippen LogP contribution in [0.15, 0.2) is 30.6 Å². The van der Waals surface area contributed by atoms with Crippen molar-refractivity contribution < 1.29 is 0 Å². The van der Waals surface area contributed by atoms with Crippen LogP contribution in [0.4, 0.5) is 0 Å². The third kappa shape index (κ3) is 2.22. The predicted octanol–water partition coefficient (Wildman–Crippen LogP) is 1.08. The molecular weight excluding hydrogens is 188 g/mol. The van der Waals surface area contributed by atoms with E-state index in [0.717, 1.165) is 23.5 Å². The summed E-state index contributed by atoms with van der Waals surface area (Å²) in [5, 5.41) is 4.29. The lowest BCUT2D eigenvalue weighted by Crippen LogP contribution is -2.04. The number of aromatic nitrogens is 3. The van der Waals surface area contributed by atoms with E-state index >= 15 is 0 Å². The Morgan fingerprint density at radius 2 is 2.20 bits per heavy atom. The second-order valence-electron chi connectivity index (χ2n) is 3.47. The largest absolute Gasteiger partial charge is 0.330 e. The monoisotopic (exact) mass is 202 g/mol. The van der Waals surface area contributed by atoms with Gasteiger partial charge in [-0.2, -0.15) is 5.10 Å². The van der Waals surface area contributed by atoms with Crippen LogP contribution in [0.1, 0.15) is 11.3 Å². The molecule has 15 heavy (non-hydrogen) atoms. The molecule has 0 fully saturated rings. The lowest BCUT2D eigenvalue weighted by molar-refractivity contribution is 0.827. The SMILES string of the molecule is Cc1ccn(-c2ccc(CCN)cn2)n1. The molecule has 0 aliphatic heterocycles. The molecule has 4 heteroatoms. The first-order chi connectivity index (χ1) is 7.29. The quantitative estimate of drug-likeness (QED) is 0.810. The van der Waals surface area contributed by atoms with Gasteiger partial charge in [-0.05, 0) is 37.6 Å². The van der Waals surface area contributed by atoms with Crippen molar-refractivity contribution in [1.29, 1.82) is 0 Å². The second kappa shape index (κ2) is 4.23. The predicted molar refractivity (Wildman–Crippen MR) is 58.9 cm³/mol. The lowest BCUT2D eigenvalue weighted by Gasteiger charge is -2.01. The first-order valence-electron chi connectivity index (χ1n) is 4.97. The third-order valence-corrected chi connectivity index (χ3v) is 2.20. The van der Waals surface area contributed by atoms with Gasteiger partial charge in [0.15, 0.2) is 5.82 Å². The number of aryl methyl sites for hydroxylation is 1. The molecule has 0 aromatic carbocycles. The maximum Gasteiger partial charge on any atom is 0.153 e. The highest BCUT2D eigenvalue weighted by molar-refractivity contribution is 5.25. The van der Waals surface area contributed by atoms with Gasteiger partial charge in [0.1, 0.15) is 0 Å². The number of pyridine rings is 1. The van der Waals surface area contributed by atoms with Crippen molar-refractivity contribution in [1.82, 2.24) is 14.8 Å². The molecule has 2 rings (SSSR count). The van der Waals surface area contributed by atoms with E-state index in [2.05, 4.69) is 10.1 Å². The fraction of sp³-hybridized carbons (Fsp3) is 0.273. The van der Waals surface area contributed by atoms with Crippen LogP contribution in [0.3, 0.4) is 0 Å². The smallest absolute Gasteiger partial charge is 0.153 e. The molecule has 0 atom stereocenters. The van der Waals surface area contributed by atoms with Gasteiger partial charge < -0.3 is 5.73 Å². The average molecular weight is 202 g/mol. The molecule has 0 bridgehead atoms. The van der Waals surface area contributed by atoms with Gasteiger partial charge >= 0.3 is 0 Å².